The highest BCUT2D eigenvalue weighted by Gasteiger charge is 2.19. The molecule has 3 rings (SSSR count). The van der Waals surface area contributed by atoms with E-state index in [1.165, 1.54) is 0 Å². The number of carbonyl (C=O) groups is 1. The zero-order valence-corrected chi connectivity index (χ0v) is 11.4. The summed E-state index contributed by atoms with van der Waals surface area (Å²) in [4.78, 5) is 16.9. The Hall–Kier alpha value is -2.07. The molecule has 1 aliphatic rings. The van der Waals surface area contributed by atoms with Gasteiger partial charge in [-0.15, -0.1) is 0 Å². The van der Waals surface area contributed by atoms with Crippen LogP contribution in [0.1, 0.15) is 34.5 Å². The number of fused-ring (bicyclic) bond motifs is 1. The van der Waals surface area contributed by atoms with Crippen molar-refractivity contribution in [2.75, 3.05) is 0 Å². The topological polar surface area (TPSA) is 51.8 Å². The highest BCUT2D eigenvalue weighted by atomic mass is 35.5. The summed E-state index contributed by atoms with van der Waals surface area (Å²) >= 11 is 5.77. The van der Waals surface area contributed by atoms with Crippen LogP contribution in [0.15, 0.2) is 46.2 Å². The second-order valence-electron chi connectivity index (χ2n) is 4.53. The van der Waals surface area contributed by atoms with Gasteiger partial charge in [-0.3, -0.25) is 0 Å². The molecule has 1 heterocycles. The third kappa shape index (κ3) is 2.60. The number of furan rings is 1. The van der Waals surface area contributed by atoms with E-state index in [1.807, 2.05) is 6.07 Å². The molecule has 0 saturated heterocycles. The van der Waals surface area contributed by atoms with Crippen molar-refractivity contribution < 1.29 is 14.0 Å². The van der Waals surface area contributed by atoms with Crippen LogP contribution in [-0.4, -0.2) is 11.7 Å². The van der Waals surface area contributed by atoms with Crippen molar-refractivity contribution >= 4 is 23.3 Å². The fourth-order valence-corrected chi connectivity index (χ4v) is 2.30. The smallest absolute Gasteiger partial charge is 0.365 e. The molecule has 0 amide bonds. The molecule has 1 aromatic heterocycles. The van der Waals surface area contributed by atoms with E-state index in [-0.39, 0.29) is 0 Å². The molecule has 5 heteroatoms. The summed E-state index contributed by atoms with van der Waals surface area (Å²) in [6.07, 6.45) is 4.25. The molecular weight excluding hydrogens is 278 g/mol. The summed E-state index contributed by atoms with van der Waals surface area (Å²) in [5, 5.41) is 4.54. The SMILES string of the molecule is O=C(O/N=C1/CCCc2occc21)c1ccc(Cl)cc1. The van der Waals surface area contributed by atoms with Gasteiger partial charge in [0, 0.05) is 17.0 Å². The van der Waals surface area contributed by atoms with E-state index in [0.29, 0.717) is 10.6 Å². The van der Waals surface area contributed by atoms with Gasteiger partial charge in [-0.05, 0) is 43.2 Å². The summed E-state index contributed by atoms with van der Waals surface area (Å²) in [6.45, 7) is 0. The zero-order valence-electron chi connectivity index (χ0n) is 10.6. The highest BCUT2D eigenvalue weighted by Crippen LogP contribution is 2.23. The number of carbonyl (C=O) groups excluding carboxylic acids is 1. The van der Waals surface area contributed by atoms with Gasteiger partial charge in [-0.2, -0.15) is 0 Å². The average Bonchev–Trinajstić information content (AvgIpc) is 2.94. The Morgan fingerprint density at radius 1 is 1.20 bits per heavy atom. The fourth-order valence-electron chi connectivity index (χ4n) is 2.17. The van der Waals surface area contributed by atoms with Crippen molar-refractivity contribution in [1.82, 2.24) is 0 Å². The number of aryl methyl sites for hydroxylation is 1. The van der Waals surface area contributed by atoms with Gasteiger partial charge in [0.2, 0.25) is 0 Å². The van der Waals surface area contributed by atoms with Crippen LogP contribution in [-0.2, 0) is 11.3 Å². The summed E-state index contributed by atoms with van der Waals surface area (Å²) in [5.74, 6) is 0.405. The molecule has 0 aliphatic heterocycles. The Bertz CT molecular complexity index is 658. The van der Waals surface area contributed by atoms with Crippen molar-refractivity contribution in [3.8, 4) is 0 Å². The van der Waals surface area contributed by atoms with E-state index < -0.39 is 5.97 Å². The quantitative estimate of drug-likeness (QED) is 0.623. The van der Waals surface area contributed by atoms with Gasteiger partial charge in [0.1, 0.15) is 5.76 Å². The molecule has 0 N–H and O–H groups in total. The lowest BCUT2D eigenvalue weighted by atomic mass is 9.97. The first-order chi connectivity index (χ1) is 9.74. The Morgan fingerprint density at radius 2 is 2.00 bits per heavy atom. The van der Waals surface area contributed by atoms with Crippen molar-refractivity contribution in [3.05, 3.63) is 58.5 Å². The lowest BCUT2D eigenvalue weighted by Gasteiger charge is -2.11. The van der Waals surface area contributed by atoms with Gasteiger partial charge >= 0.3 is 5.97 Å². The molecule has 0 unspecified atom stereocenters. The molecule has 0 bridgehead atoms. The Labute approximate surface area is 121 Å². The predicted molar refractivity (Wildman–Crippen MR) is 75.1 cm³/mol. The van der Waals surface area contributed by atoms with Crippen molar-refractivity contribution in [2.45, 2.75) is 19.3 Å². The van der Waals surface area contributed by atoms with Gasteiger partial charge < -0.3 is 9.25 Å². The van der Waals surface area contributed by atoms with Gasteiger partial charge in [-0.25, -0.2) is 4.79 Å². The number of hydrogen-bond donors (Lipinski definition) is 0. The Balaban J connectivity index is 1.75. The molecule has 1 aromatic carbocycles. The molecule has 0 radical (unpaired) electrons. The minimum absolute atomic E-state index is 0.418. The van der Waals surface area contributed by atoms with Crippen LogP contribution in [0.3, 0.4) is 0 Å². The standard InChI is InChI=1S/C15H12ClNO3/c16-11-6-4-10(5-7-11)15(18)20-17-13-2-1-3-14-12(13)8-9-19-14/h4-9H,1-3H2/b17-13-. The molecule has 4 nitrogen and oxygen atoms in total. The van der Waals surface area contributed by atoms with Gasteiger partial charge in [0.05, 0.1) is 17.5 Å². The summed E-state index contributed by atoms with van der Waals surface area (Å²) in [6, 6.07) is 8.34. The highest BCUT2D eigenvalue weighted by molar-refractivity contribution is 6.30. The second-order valence-corrected chi connectivity index (χ2v) is 4.97. The molecule has 0 saturated carbocycles. The summed E-state index contributed by atoms with van der Waals surface area (Å²) in [5.41, 5.74) is 2.10. The van der Waals surface area contributed by atoms with E-state index in [2.05, 4.69) is 5.16 Å². The maximum absolute atomic E-state index is 11.9. The van der Waals surface area contributed by atoms with E-state index in [4.69, 9.17) is 20.9 Å². The molecule has 2 aromatic rings. The van der Waals surface area contributed by atoms with Crippen LogP contribution in [0.25, 0.3) is 0 Å². The number of benzene rings is 1. The van der Waals surface area contributed by atoms with Crippen LogP contribution in [0.5, 0.6) is 0 Å². The third-order valence-electron chi connectivity index (χ3n) is 3.19. The minimum atomic E-state index is -0.496. The van der Waals surface area contributed by atoms with Crippen LogP contribution >= 0.6 is 11.6 Å². The Kier molecular flexibility index (Phi) is 3.56. The monoisotopic (exact) mass is 289 g/mol. The number of rotatable bonds is 2. The largest absolute Gasteiger partial charge is 0.469 e. The van der Waals surface area contributed by atoms with Crippen molar-refractivity contribution in [2.24, 2.45) is 5.16 Å². The molecule has 0 spiro atoms. The normalized spacial score (nSPS) is 15.9. The van der Waals surface area contributed by atoms with Crippen LogP contribution in [0.2, 0.25) is 5.02 Å². The molecule has 1 aliphatic carbocycles. The average molecular weight is 290 g/mol. The van der Waals surface area contributed by atoms with E-state index >= 15 is 0 Å². The number of halogens is 1. The molecule has 20 heavy (non-hydrogen) atoms. The summed E-state index contributed by atoms with van der Waals surface area (Å²) in [7, 11) is 0. The third-order valence-corrected chi connectivity index (χ3v) is 3.44. The van der Waals surface area contributed by atoms with Gasteiger partial charge in [-0.1, -0.05) is 16.8 Å². The van der Waals surface area contributed by atoms with Crippen molar-refractivity contribution in [3.63, 3.8) is 0 Å². The number of hydrogen-bond acceptors (Lipinski definition) is 4. The molecule has 102 valence electrons. The van der Waals surface area contributed by atoms with Crippen LogP contribution in [0.4, 0.5) is 0 Å². The van der Waals surface area contributed by atoms with E-state index in [1.54, 1.807) is 30.5 Å². The van der Waals surface area contributed by atoms with E-state index in [9.17, 15) is 4.79 Å². The van der Waals surface area contributed by atoms with Gasteiger partial charge in [0.15, 0.2) is 0 Å². The minimum Gasteiger partial charge on any atom is -0.469 e. The first-order valence-corrected chi connectivity index (χ1v) is 6.72. The zero-order chi connectivity index (χ0) is 13.9. The first-order valence-electron chi connectivity index (χ1n) is 6.34. The summed E-state index contributed by atoms with van der Waals surface area (Å²) < 4.78 is 5.35. The molecule has 0 fully saturated rings. The maximum atomic E-state index is 11.9. The first kappa shape index (κ1) is 12.9. The number of oxime groups is 1. The maximum Gasteiger partial charge on any atom is 0.365 e. The lowest BCUT2D eigenvalue weighted by Crippen LogP contribution is -2.11. The number of nitrogens with zero attached hydrogens (tertiary/aromatic N) is 1. The van der Waals surface area contributed by atoms with Crippen molar-refractivity contribution in [1.29, 1.82) is 0 Å². The van der Waals surface area contributed by atoms with E-state index in [0.717, 1.165) is 36.3 Å². The lowest BCUT2D eigenvalue weighted by molar-refractivity contribution is 0.0515. The Morgan fingerprint density at radius 3 is 2.80 bits per heavy atom. The molecular formula is C15H12ClNO3. The fraction of sp³-hybridized carbons (Fsp3) is 0.200. The van der Waals surface area contributed by atoms with Gasteiger partial charge in [0.25, 0.3) is 0 Å². The van der Waals surface area contributed by atoms with Crippen LogP contribution < -0.4 is 0 Å². The molecule has 0 atom stereocenters. The predicted octanol–water partition coefficient (Wildman–Crippen LogP) is 3.83. The van der Waals surface area contributed by atoms with Crippen LogP contribution in [0, 0.1) is 0 Å². The second kappa shape index (κ2) is 5.51.